The molecule has 0 bridgehead atoms. The van der Waals surface area contributed by atoms with Crippen molar-refractivity contribution in [1.82, 2.24) is 4.90 Å². The molecule has 0 saturated carbocycles. The zero-order valence-electron chi connectivity index (χ0n) is 16.3. The molecule has 6 heteroatoms. The zero-order chi connectivity index (χ0) is 18.9. The van der Waals surface area contributed by atoms with E-state index >= 15 is 0 Å². The molecule has 1 aliphatic heterocycles. The molecule has 0 aromatic heterocycles. The van der Waals surface area contributed by atoms with E-state index < -0.39 is 21.8 Å². The topological polar surface area (TPSA) is 55.8 Å². The van der Waals surface area contributed by atoms with E-state index in [0.717, 1.165) is 0 Å². The van der Waals surface area contributed by atoms with Crippen LogP contribution < -0.4 is 0 Å². The quantitative estimate of drug-likeness (QED) is 0.673. The molecule has 2 amide bonds. The van der Waals surface area contributed by atoms with E-state index in [4.69, 9.17) is 8.92 Å². The number of imide groups is 1. The fraction of sp³-hybridized carbons (Fsp3) is 0.778. The van der Waals surface area contributed by atoms with Crippen LogP contribution in [0.25, 0.3) is 0 Å². The predicted molar refractivity (Wildman–Crippen MR) is 100 cm³/mol. The van der Waals surface area contributed by atoms with E-state index in [-0.39, 0.29) is 35.8 Å². The lowest BCUT2D eigenvalue weighted by molar-refractivity contribution is -0.138. The van der Waals surface area contributed by atoms with E-state index in [1.165, 1.54) is 4.90 Å². The van der Waals surface area contributed by atoms with Gasteiger partial charge in [0.1, 0.15) is 6.61 Å². The molecule has 0 N–H and O–H groups in total. The molecule has 1 fully saturated rings. The highest BCUT2D eigenvalue weighted by atomic mass is 32.3. The number of carbonyl (C=O) groups excluding carboxylic acids is 2. The van der Waals surface area contributed by atoms with Crippen molar-refractivity contribution in [3.05, 3.63) is 12.7 Å². The number of nitrogens with zero attached hydrogens (tertiary/aromatic N) is 1. The molecular formula is C18H33NO4S. The Morgan fingerprint density at radius 1 is 1.42 bits per heavy atom. The lowest BCUT2D eigenvalue weighted by Gasteiger charge is -2.45. The second kappa shape index (κ2) is 7.08. The molecule has 5 nitrogen and oxygen atoms in total. The van der Waals surface area contributed by atoms with Gasteiger partial charge in [-0.1, -0.05) is 40.7 Å². The monoisotopic (exact) mass is 359 g/mol. The molecule has 1 rings (SSSR count). The van der Waals surface area contributed by atoms with Crippen molar-refractivity contribution < 1.29 is 18.5 Å². The summed E-state index contributed by atoms with van der Waals surface area (Å²) in [5.74, 6) is -0.171. The summed E-state index contributed by atoms with van der Waals surface area (Å²) in [5, 5.41) is 0. The van der Waals surface area contributed by atoms with Crippen LogP contribution in [0, 0.1) is 11.3 Å². The summed E-state index contributed by atoms with van der Waals surface area (Å²) >= 11 is 0. The molecule has 0 radical (unpaired) electrons. The number of ether oxygens (including phenoxy) is 1. The number of hydrogen-bond acceptors (Lipinski definition) is 4. The summed E-state index contributed by atoms with van der Waals surface area (Å²) in [6, 6.07) is -0.243. The van der Waals surface area contributed by atoms with E-state index in [1.807, 2.05) is 13.8 Å². The Balaban J connectivity index is 2.99. The molecular weight excluding hydrogens is 326 g/mol. The molecule has 1 heterocycles. The van der Waals surface area contributed by atoms with E-state index in [2.05, 4.69) is 39.9 Å². The van der Waals surface area contributed by atoms with Crippen LogP contribution in [0.3, 0.4) is 0 Å². The summed E-state index contributed by atoms with van der Waals surface area (Å²) in [4.78, 5) is 26.4. The highest BCUT2D eigenvalue weighted by Crippen LogP contribution is 2.54. The fourth-order valence-corrected chi connectivity index (χ4v) is 2.98. The maximum absolute atomic E-state index is 13.1. The highest BCUT2D eigenvalue weighted by Gasteiger charge is 2.46. The van der Waals surface area contributed by atoms with Crippen molar-refractivity contribution in [3.63, 3.8) is 0 Å². The molecule has 1 saturated heterocycles. The van der Waals surface area contributed by atoms with Gasteiger partial charge < -0.3 is 8.92 Å². The highest BCUT2D eigenvalue weighted by molar-refractivity contribution is 8.29. The van der Waals surface area contributed by atoms with Crippen LogP contribution in [0.5, 0.6) is 0 Å². The van der Waals surface area contributed by atoms with E-state index in [9.17, 15) is 9.59 Å². The Morgan fingerprint density at radius 2 is 1.96 bits per heavy atom. The number of amides is 2. The van der Waals surface area contributed by atoms with Gasteiger partial charge in [0.2, 0.25) is 5.91 Å². The first-order valence-electron chi connectivity index (χ1n) is 8.28. The maximum atomic E-state index is 13.1. The molecule has 24 heavy (non-hydrogen) atoms. The Labute approximate surface area is 148 Å². The van der Waals surface area contributed by atoms with Gasteiger partial charge in [-0.15, -0.1) is 16.9 Å². The van der Waals surface area contributed by atoms with Gasteiger partial charge in [-0.3, -0.25) is 4.79 Å². The van der Waals surface area contributed by atoms with Crippen molar-refractivity contribution in [2.45, 2.75) is 52.3 Å². The third-order valence-corrected chi connectivity index (χ3v) is 8.62. The lowest BCUT2D eigenvalue weighted by atomic mass is 9.89. The average molecular weight is 360 g/mol. The molecule has 2 atom stereocenters. The van der Waals surface area contributed by atoms with Gasteiger partial charge in [0.25, 0.3) is 0 Å². The second-order valence-corrected chi connectivity index (χ2v) is 12.2. The maximum Gasteiger partial charge on any atom is 0.417 e. The summed E-state index contributed by atoms with van der Waals surface area (Å²) < 4.78 is 11.3. The average Bonchev–Trinajstić information content (AvgIpc) is 2.84. The summed E-state index contributed by atoms with van der Waals surface area (Å²) in [7, 11) is -1.38. The summed E-state index contributed by atoms with van der Waals surface area (Å²) in [5.41, 5.74) is -0.966. The fourth-order valence-electron chi connectivity index (χ4n) is 2.09. The number of rotatable bonds is 6. The normalized spacial score (nSPS) is 22.3. The van der Waals surface area contributed by atoms with Crippen LogP contribution in [-0.4, -0.2) is 53.4 Å². The van der Waals surface area contributed by atoms with Crippen LogP contribution in [0.1, 0.15) is 41.5 Å². The van der Waals surface area contributed by atoms with Crippen LogP contribution in [0.4, 0.5) is 4.79 Å². The molecule has 0 unspecified atom stereocenters. The van der Waals surface area contributed by atoms with E-state index in [0.29, 0.717) is 0 Å². The van der Waals surface area contributed by atoms with Gasteiger partial charge in [-0.25, -0.2) is 9.69 Å². The van der Waals surface area contributed by atoms with Crippen LogP contribution in [0.2, 0.25) is 0 Å². The molecule has 0 aromatic rings. The van der Waals surface area contributed by atoms with Crippen molar-refractivity contribution in [2.75, 3.05) is 25.7 Å². The third kappa shape index (κ3) is 4.14. The number of hydrogen-bond donors (Lipinski definition) is 0. The van der Waals surface area contributed by atoms with Crippen LogP contribution in [0.15, 0.2) is 12.7 Å². The smallest absolute Gasteiger partial charge is 0.417 e. The minimum absolute atomic E-state index is 0.00876. The first kappa shape index (κ1) is 21.0. The minimum Gasteiger partial charge on any atom is -0.447 e. The van der Waals surface area contributed by atoms with Gasteiger partial charge >= 0.3 is 6.09 Å². The first-order chi connectivity index (χ1) is 10.8. The Morgan fingerprint density at radius 3 is 2.38 bits per heavy atom. The predicted octanol–water partition coefficient (Wildman–Crippen LogP) is 3.98. The van der Waals surface area contributed by atoms with Crippen molar-refractivity contribution in [1.29, 1.82) is 0 Å². The molecule has 0 spiro atoms. The Kier molecular flexibility index (Phi) is 6.21. The van der Waals surface area contributed by atoms with Gasteiger partial charge in [0, 0.05) is 4.75 Å². The summed E-state index contributed by atoms with van der Waals surface area (Å²) in [6.07, 6.45) is 5.18. The molecule has 140 valence electrons. The van der Waals surface area contributed by atoms with Crippen LogP contribution >= 0.6 is 10.3 Å². The van der Waals surface area contributed by atoms with Gasteiger partial charge in [0.15, 0.2) is 0 Å². The van der Waals surface area contributed by atoms with Crippen molar-refractivity contribution in [2.24, 2.45) is 11.3 Å². The summed E-state index contributed by atoms with van der Waals surface area (Å²) in [6.45, 7) is 16.4. The number of carbonyl (C=O) groups is 2. The van der Waals surface area contributed by atoms with E-state index in [1.54, 1.807) is 13.0 Å². The second-order valence-electron chi connectivity index (χ2n) is 8.29. The molecule has 0 aromatic carbocycles. The third-order valence-electron chi connectivity index (χ3n) is 4.96. The van der Waals surface area contributed by atoms with Crippen LogP contribution in [-0.2, 0) is 13.7 Å². The molecule has 0 aliphatic carbocycles. The van der Waals surface area contributed by atoms with Gasteiger partial charge in [-0.05, 0) is 25.4 Å². The molecule has 1 aliphatic rings. The van der Waals surface area contributed by atoms with Crippen molar-refractivity contribution in [3.8, 4) is 0 Å². The standard InChI is InChI=1S/C18H33NO4S/c1-10-18(7,12-23-24(8,9)17(4,5)6)15(20)19-14(13(2)3)11-22-16(19)21/h10,13-14H,1,11-12H2,2-9H3/t14-,18+/m0/s1. The zero-order valence-corrected chi connectivity index (χ0v) is 17.2. The van der Waals surface area contributed by atoms with Crippen molar-refractivity contribution >= 4 is 22.3 Å². The first-order valence-corrected chi connectivity index (χ1v) is 10.7. The van der Waals surface area contributed by atoms with Gasteiger partial charge in [0.05, 0.1) is 18.1 Å². The number of cyclic esters (lactones) is 1. The Bertz CT molecular complexity index is 510. The minimum atomic E-state index is -1.38. The lowest BCUT2D eigenvalue weighted by Crippen LogP contribution is -2.50. The Hall–Kier alpha value is -1.01. The SMILES string of the molecule is C=C[C@](C)(COS(C)(C)C(C)(C)C)C(=O)N1C(=O)OC[C@H]1C(C)C. The van der Waals surface area contributed by atoms with Gasteiger partial charge in [-0.2, -0.15) is 0 Å². The largest absolute Gasteiger partial charge is 0.447 e.